The monoisotopic (exact) mass is 400 g/mol. The van der Waals surface area contributed by atoms with Crippen LogP contribution in [-0.4, -0.2) is 39.6 Å². The average molecular weight is 402 g/mol. The summed E-state index contributed by atoms with van der Waals surface area (Å²) in [6.45, 7) is 4.40. The normalized spacial score (nSPS) is 10.3. The molecule has 0 aliphatic heterocycles. The summed E-state index contributed by atoms with van der Waals surface area (Å²) in [4.78, 5) is 19.0. The summed E-state index contributed by atoms with van der Waals surface area (Å²) in [5.41, 5.74) is 0. The van der Waals surface area contributed by atoms with Crippen molar-refractivity contribution in [3.63, 3.8) is 0 Å². The zero-order chi connectivity index (χ0) is 14.4. The third-order valence-electron chi connectivity index (χ3n) is 2.56. The van der Waals surface area contributed by atoms with Crippen molar-refractivity contribution in [2.75, 3.05) is 29.9 Å². The topological polar surface area (TPSA) is 66.8 Å². The van der Waals surface area contributed by atoms with Crippen LogP contribution in [-0.2, 0) is 0 Å². The molecule has 0 fully saturated rings. The first kappa shape index (κ1) is 15.1. The molecule has 0 spiro atoms. The van der Waals surface area contributed by atoms with Crippen molar-refractivity contribution in [3.8, 4) is 0 Å². The van der Waals surface area contributed by atoms with Gasteiger partial charge >= 0.3 is 0 Å². The van der Waals surface area contributed by atoms with Crippen LogP contribution in [0.2, 0.25) is 0 Å². The van der Waals surface area contributed by atoms with Crippen LogP contribution in [0.3, 0.4) is 0 Å². The van der Waals surface area contributed by atoms with Gasteiger partial charge in [-0.15, -0.1) is 0 Å². The van der Waals surface area contributed by atoms with Crippen LogP contribution >= 0.6 is 31.9 Å². The molecule has 2 aromatic heterocycles. The van der Waals surface area contributed by atoms with Crippen molar-refractivity contribution >= 4 is 43.8 Å². The van der Waals surface area contributed by atoms with Gasteiger partial charge in [-0.1, -0.05) is 0 Å². The van der Waals surface area contributed by atoms with Crippen LogP contribution in [0.25, 0.3) is 0 Å². The number of hydrogen-bond donors (Lipinski definition) is 1. The van der Waals surface area contributed by atoms with E-state index in [0.717, 1.165) is 28.6 Å². The lowest BCUT2D eigenvalue weighted by atomic mass is 10.5. The van der Waals surface area contributed by atoms with Crippen LogP contribution < -0.4 is 10.2 Å². The summed E-state index contributed by atoms with van der Waals surface area (Å²) >= 11 is 6.63. The van der Waals surface area contributed by atoms with Crippen LogP contribution in [0, 0.1) is 0 Å². The Balaban J connectivity index is 1.87. The highest BCUT2D eigenvalue weighted by Gasteiger charge is 2.07. The largest absolute Gasteiger partial charge is 0.352 e. The molecule has 0 aromatic carbocycles. The Morgan fingerprint density at radius 2 is 1.55 bits per heavy atom. The van der Waals surface area contributed by atoms with E-state index in [1.54, 1.807) is 24.8 Å². The number of nitrogens with zero attached hydrogens (tertiary/aromatic N) is 5. The summed E-state index contributed by atoms with van der Waals surface area (Å²) in [5.74, 6) is 1.33. The van der Waals surface area contributed by atoms with Crippen LogP contribution in [0.4, 0.5) is 11.9 Å². The molecule has 1 N–H and O–H groups in total. The fraction of sp³-hybridized carbons (Fsp3) is 0.333. The van der Waals surface area contributed by atoms with Crippen LogP contribution in [0.1, 0.15) is 6.92 Å². The number of hydrogen-bond acceptors (Lipinski definition) is 6. The second kappa shape index (κ2) is 7.49. The summed E-state index contributed by atoms with van der Waals surface area (Å²) < 4.78 is 1.74. The van der Waals surface area contributed by atoms with E-state index >= 15 is 0 Å². The highest BCUT2D eigenvalue weighted by molar-refractivity contribution is 9.10. The predicted molar refractivity (Wildman–Crippen MR) is 85.8 cm³/mol. The number of halogens is 2. The first-order valence-corrected chi connectivity index (χ1v) is 7.71. The predicted octanol–water partition coefficient (Wildman–Crippen LogP) is 2.73. The minimum absolute atomic E-state index is 0.612. The van der Waals surface area contributed by atoms with E-state index in [9.17, 15) is 0 Å². The molecule has 0 aliphatic rings. The third kappa shape index (κ3) is 4.38. The smallest absolute Gasteiger partial charge is 0.225 e. The molecule has 106 valence electrons. The maximum absolute atomic E-state index is 4.29. The van der Waals surface area contributed by atoms with Gasteiger partial charge in [0, 0.05) is 44.4 Å². The quantitative estimate of drug-likeness (QED) is 0.802. The molecule has 2 aromatic rings. The molecule has 0 aliphatic carbocycles. The van der Waals surface area contributed by atoms with Crippen molar-refractivity contribution in [1.29, 1.82) is 0 Å². The molecule has 2 rings (SSSR count). The molecule has 20 heavy (non-hydrogen) atoms. The van der Waals surface area contributed by atoms with Crippen molar-refractivity contribution in [1.82, 2.24) is 19.9 Å². The van der Waals surface area contributed by atoms with E-state index in [4.69, 9.17) is 0 Å². The number of rotatable bonds is 6. The van der Waals surface area contributed by atoms with Gasteiger partial charge in [0.1, 0.15) is 0 Å². The molecule has 0 radical (unpaired) electrons. The van der Waals surface area contributed by atoms with E-state index in [1.165, 1.54) is 0 Å². The van der Waals surface area contributed by atoms with Gasteiger partial charge in [0.2, 0.25) is 11.9 Å². The van der Waals surface area contributed by atoms with Gasteiger partial charge in [0.15, 0.2) is 0 Å². The zero-order valence-electron chi connectivity index (χ0n) is 10.9. The lowest BCUT2D eigenvalue weighted by molar-refractivity contribution is 0.793. The summed E-state index contributed by atoms with van der Waals surface area (Å²) in [6, 6.07) is 0. The van der Waals surface area contributed by atoms with Crippen LogP contribution in [0.15, 0.2) is 33.7 Å². The molecule has 0 amide bonds. The molecule has 0 saturated heterocycles. The van der Waals surface area contributed by atoms with Gasteiger partial charge in [-0.2, -0.15) is 0 Å². The van der Waals surface area contributed by atoms with E-state index in [-0.39, 0.29) is 0 Å². The molecule has 8 heteroatoms. The fourth-order valence-corrected chi connectivity index (χ4v) is 1.98. The number of aromatic nitrogens is 4. The minimum Gasteiger partial charge on any atom is -0.352 e. The number of likely N-dealkylation sites (N-methyl/N-ethyl adjacent to an activating group) is 1. The van der Waals surface area contributed by atoms with E-state index in [0.29, 0.717) is 11.9 Å². The molecular weight excluding hydrogens is 388 g/mol. The Labute approximate surface area is 134 Å². The Kier molecular flexibility index (Phi) is 5.66. The van der Waals surface area contributed by atoms with Crippen molar-refractivity contribution in [2.45, 2.75) is 6.92 Å². The lowest BCUT2D eigenvalue weighted by Crippen LogP contribution is -2.30. The van der Waals surface area contributed by atoms with E-state index in [2.05, 4.69) is 68.9 Å². The zero-order valence-corrected chi connectivity index (χ0v) is 14.1. The second-order valence-electron chi connectivity index (χ2n) is 3.93. The van der Waals surface area contributed by atoms with Gasteiger partial charge < -0.3 is 10.2 Å². The van der Waals surface area contributed by atoms with Gasteiger partial charge in [0.05, 0.1) is 8.95 Å². The van der Waals surface area contributed by atoms with Crippen molar-refractivity contribution in [2.24, 2.45) is 0 Å². The highest BCUT2D eigenvalue weighted by atomic mass is 79.9. The van der Waals surface area contributed by atoms with Gasteiger partial charge in [0.25, 0.3) is 0 Å². The molecule has 2 heterocycles. The molecular formula is C12H14Br2N6. The Bertz CT molecular complexity index is 531. The lowest BCUT2D eigenvalue weighted by Gasteiger charge is -2.20. The molecule has 0 saturated carbocycles. The Morgan fingerprint density at radius 1 is 1.00 bits per heavy atom. The third-order valence-corrected chi connectivity index (χ3v) is 3.38. The standard InChI is InChI=1S/C12H14Br2N6/c1-2-20(12-18-7-10(14)8-19-12)4-3-15-11-16-5-9(13)6-17-11/h5-8H,2-4H2,1H3,(H,15,16,17). The molecule has 0 bridgehead atoms. The van der Waals surface area contributed by atoms with Gasteiger partial charge in [-0.3, -0.25) is 0 Å². The molecule has 0 atom stereocenters. The first-order chi connectivity index (χ1) is 9.69. The second-order valence-corrected chi connectivity index (χ2v) is 5.76. The minimum atomic E-state index is 0.612. The van der Waals surface area contributed by atoms with Crippen molar-refractivity contribution < 1.29 is 0 Å². The fourth-order valence-electron chi connectivity index (χ4n) is 1.57. The van der Waals surface area contributed by atoms with E-state index < -0.39 is 0 Å². The Morgan fingerprint density at radius 3 is 2.10 bits per heavy atom. The summed E-state index contributed by atoms with van der Waals surface area (Å²) in [7, 11) is 0. The highest BCUT2D eigenvalue weighted by Crippen LogP contribution is 2.11. The van der Waals surface area contributed by atoms with Crippen LogP contribution in [0.5, 0.6) is 0 Å². The number of nitrogens with one attached hydrogen (secondary N) is 1. The maximum Gasteiger partial charge on any atom is 0.225 e. The summed E-state index contributed by atoms with van der Waals surface area (Å²) in [6.07, 6.45) is 6.92. The number of anilines is 2. The van der Waals surface area contributed by atoms with E-state index in [1.807, 2.05) is 0 Å². The molecule has 6 nitrogen and oxygen atoms in total. The SMILES string of the molecule is CCN(CCNc1ncc(Br)cn1)c1ncc(Br)cn1. The Hall–Kier alpha value is -1.28. The van der Waals surface area contributed by atoms with Gasteiger partial charge in [-0.05, 0) is 38.8 Å². The molecule has 0 unspecified atom stereocenters. The summed E-state index contributed by atoms with van der Waals surface area (Å²) in [5, 5.41) is 3.17. The average Bonchev–Trinajstić information content (AvgIpc) is 2.47. The van der Waals surface area contributed by atoms with Gasteiger partial charge in [-0.25, -0.2) is 19.9 Å². The maximum atomic E-state index is 4.29. The first-order valence-electron chi connectivity index (χ1n) is 6.13. The van der Waals surface area contributed by atoms with Crippen molar-refractivity contribution in [3.05, 3.63) is 33.7 Å².